The van der Waals surface area contributed by atoms with Gasteiger partial charge < -0.3 is 4.90 Å². The fraction of sp³-hybridized carbons (Fsp3) is 0. The second-order valence-corrected chi connectivity index (χ2v) is 13.7. The van der Waals surface area contributed by atoms with Crippen LogP contribution in [0.1, 0.15) is 0 Å². The first-order valence-electron chi connectivity index (χ1n) is 15.7. The van der Waals surface area contributed by atoms with Crippen molar-refractivity contribution >= 4 is 70.1 Å². The van der Waals surface area contributed by atoms with Gasteiger partial charge in [0.1, 0.15) is 5.01 Å². The van der Waals surface area contributed by atoms with Crippen LogP contribution in [0.2, 0.25) is 0 Å². The highest BCUT2D eigenvalue weighted by molar-refractivity contribution is 7.26. The third-order valence-electron chi connectivity index (χ3n) is 8.70. The number of nitrogens with zero attached hydrogens (tertiary/aromatic N) is 2. The van der Waals surface area contributed by atoms with E-state index in [1.807, 2.05) is 11.3 Å². The molecule has 0 amide bonds. The van der Waals surface area contributed by atoms with Crippen LogP contribution in [0.3, 0.4) is 0 Å². The van der Waals surface area contributed by atoms with Crippen molar-refractivity contribution in [3.63, 3.8) is 0 Å². The van der Waals surface area contributed by atoms with Crippen LogP contribution >= 0.6 is 22.7 Å². The zero-order chi connectivity index (χ0) is 31.2. The lowest BCUT2D eigenvalue weighted by Crippen LogP contribution is -2.10. The Morgan fingerprint density at radius 2 is 0.936 bits per heavy atom. The van der Waals surface area contributed by atoms with Gasteiger partial charge in [-0.1, -0.05) is 115 Å². The Kier molecular flexibility index (Phi) is 6.89. The van der Waals surface area contributed by atoms with Gasteiger partial charge in [-0.05, 0) is 76.9 Å². The lowest BCUT2D eigenvalue weighted by atomic mass is 10.0. The van der Waals surface area contributed by atoms with E-state index in [1.54, 1.807) is 11.3 Å². The maximum Gasteiger partial charge on any atom is 0.124 e. The van der Waals surface area contributed by atoms with Crippen LogP contribution in [0.25, 0.3) is 63.2 Å². The highest BCUT2D eigenvalue weighted by Gasteiger charge is 2.18. The number of fused-ring (bicyclic) bond motifs is 5. The van der Waals surface area contributed by atoms with Gasteiger partial charge in [0.2, 0.25) is 0 Å². The van der Waals surface area contributed by atoms with Crippen molar-refractivity contribution in [3.05, 3.63) is 170 Å². The number of aromatic nitrogens is 1. The molecule has 0 saturated heterocycles. The van der Waals surface area contributed by atoms with Crippen LogP contribution < -0.4 is 4.90 Å². The van der Waals surface area contributed by atoms with Crippen LogP contribution in [-0.2, 0) is 0 Å². The summed E-state index contributed by atoms with van der Waals surface area (Å²) in [4.78, 5) is 7.60. The molecule has 222 valence electrons. The van der Waals surface area contributed by atoms with E-state index >= 15 is 0 Å². The van der Waals surface area contributed by atoms with Crippen molar-refractivity contribution in [2.75, 3.05) is 4.90 Å². The third-order valence-corrected chi connectivity index (χ3v) is 10.9. The molecule has 0 bridgehead atoms. The quantitative estimate of drug-likeness (QED) is 0.181. The highest BCUT2D eigenvalue weighted by Crippen LogP contribution is 2.45. The third kappa shape index (κ3) is 5.08. The largest absolute Gasteiger partial charge is 0.310 e. The average Bonchev–Trinajstić information content (AvgIpc) is 3.75. The molecule has 0 aliphatic rings. The summed E-state index contributed by atoms with van der Waals surface area (Å²) in [6, 6.07) is 60.8. The van der Waals surface area contributed by atoms with Crippen LogP contribution in [0.5, 0.6) is 0 Å². The van der Waals surface area contributed by atoms with Gasteiger partial charge >= 0.3 is 0 Å². The molecular formula is C43H28N2S2. The number of anilines is 3. The second kappa shape index (κ2) is 11.7. The molecule has 0 radical (unpaired) electrons. The number of rotatable bonds is 6. The van der Waals surface area contributed by atoms with Crippen molar-refractivity contribution in [2.24, 2.45) is 0 Å². The van der Waals surface area contributed by atoms with E-state index in [4.69, 9.17) is 4.98 Å². The van der Waals surface area contributed by atoms with Crippen molar-refractivity contribution in [2.45, 2.75) is 0 Å². The molecule has 0 N–H and O–H groups in total. The Morgan fingerprint density at radius 1 is 0.383 bits per heavy atom. The molecule has 2 nitrogen and oxygen atoms in total. The molecule has 9 rings (SSSR count). The van der Waals surface area contributed by atoms with E-state index in [9.17, 15) is 0 Å². The molecule has 0 atom stereocenters. The normalized spacial score (nSPS) is 11.4. The molecule has 0 fully saturated rings. The molecule has 0 unspecified atom stereocenters. The van der Waals surface area contributed by atoms with Gasteiger partial charge in [-0.2, -0.15) is 0 Å². The Balaban J connectivity index is 1.22. The summed E-state index contributed by atoms with van der Waals surface area (Å²) in [5, 5.41) is 3.53. The number of thiophene rings is 1. The summed E-state index contributed by atoms with van der Waals surface area (Å²) < 4.78 is 3.74. The minimum Gasteiger partial charge on any atom is -0.310 e. The van der Waals surface area contributed by atoms with E-state index in [1.165, 1.54) is 47.1 Å². The van der Waals surface area contributed by atoms with Gasteiger partial charge in [-0.3, -0.25) is 0 Å². The summed E-state index contributed by atoms with van der Waals surface area (Å²) in [6.07, 6.45) is 0. The summed E-state index contributed by atoms with van der Waals surface area (Å²) >= 11 is 3.60. The molecule has 2 heterocycles. The van der Waals surface area contributed by atoms with Crippen molar-refractivity contribution < 1.29 is 0 Å². The summed E-state index contributed by atoms with van der Waals surface area (Å²) in [5.74, 6) is 0. The first-order chi connectivity index (χ1) is 23.3. The van der Waals surface area contributed by atoms with E-state index in [0.29, 0.717) is 0 Å². The fourth-order valence-corrected chi connectivity index (χ4v) is 8.49. The predicted molar refractivity (Wildman–Crippen MR) is 203 cm³/mol. The molecule has 0 spiro atoms. The standard InChI is InChI=1S/C43H28N2S2/c1-4-11-29(12-5-1)31-19-21-34(22-20-31)45(35-18-10-17-33(27-35)30-13-6-2-7-14-30)36-23-24-38-37(28-36)41-39(46-38)25-26-40-42(41)44-43(47-40)32-15-8-3-9-16-32/h1-28H. The first kappa shape index (κ1) is 27.7. The molecular weight excluding hydrogens is 609 g/mol. The fourth-order valence-electron chi connectivity index (χ4n) is 6.42. The van der Waals surface area contributed by atoms with Gasteiger partial charge in [0, 0.05) is 42.8 Å². The Hall–Kier alpha value is -5.55. The lowest BCUT2D eigenvalue weighted by molar-refractivity contribution is 1.29. The van der Waals surface area contributed by atoms with Crippen molar-refractivity contribution in [1.29, 1.82) is 0 Å². The van der Waals surface area contributed by atoms with Crippen molar-refractivity contribution in [3.8, 4) is 32.8 Å². The first-order valence-corrected chi connectivity index (χ1v) is 17.3. The second-order valence-electron chi connectivity index (χ2n) is 11.6. The Labute approximate surface area is 281 Å². The van der Waals surface area contributed by atoms with Gasteiger partial charge in [-0.25, -0.2) is 4.98 Å². The molecule has 47 heavy (non-hydrogen) atoms. The van der Waals surface area contributed by atoms with Crippen LogP contribution in [0.4, 0.5) is 17.1 Å². The van der Waals surface area contributed by atoms with Crippen LogP contribution in [0.15, 0.2) is 170 Å². The number of thiazole rings is 1. The average molecular weight is 637 g/mol. The number of hydrogen-bond acceptors (Lipinski definition) is 4. The smallest absolute Gasteiger partial charge is 0.124 e. The monoisotopic (exact) mass is 636 g/mol. The maximum atomic E-state index is 5.22. The van der Waals surface area contributed by atoms with Crippen molar-refractivity contribution in [1.82, 2.24) is 4.98 Å². The van der Waals surface area contributed by atoms with Gasteiger partial charge in [-0.15, -0.1) is 22.7 Å². The van der Waals surface area contributed by atoms with E-state index < -0.39 is 0 Å². The summed E-state index contributed by atoms with van der Waals surface area (Å²) in [5.41, 5.74) is 10.4. The zero-order valence-corrected chi connectivity index (χ0v) is 27.0. The van der Waals surface area contributed by atoms with Gasteiger partial charge in [0.05, 0.1) is 10.2 Å². The van der Waals surface area contributed by atoms with Crippen LogP contribution in [-0.4, -0.2) is 4.98 Å². The SMILES string of the molecule is c1ccc(-c2ccc(N(c3cccc(-c4ccccc4)c3)c3ccc4sc5ccc6sc(-c7ccccc7)nc6c5c4c3)cc2)cc1. The molecule has 0 aliphatic carbocycles. The zero-order valence-electron chi connectivity index (χ0n) is 25.4. The predicted octanol–water partition coefficient (Wildman–Crippen LogP) is 13.1. The Morgan fingerprint density at radius 3 is 1.66 bits per heavy atom. The lowest BCUT2D eigenvalue weighted by Gasteiger charge is -2.26. The molecule has 4 heteroatoms. The Bertz CT molecular complexity index is 2500. The van der Waals surface area contributed by atoms with E-state index in [0.717, 1.165) is 33.1 Å². The molecule has 2 aromatic heterocycles. The van der Waals surface area contributed by atoms with E-state index in [-0.39, 0.29) is 0 Å². The molecule has 9 aromatic rings. The number of benzene rings is 7. The van der Waals surface area contributed by atoms with E-state index in [2.05, 4.69) is 175 Å². The highest BCUT2D eigenvalue weighted by atomic mass is 32.1. The summed E-state index contributed by atoms with van der Waals surface area (Å²) in [7, 11) is 0. The topological polar surface area (TPSA) is 16.1 Å². The van der Waals surface area contributed by atoms with Gasteiger partial charge in [0.25, 0.3) is 0 Å². The van der Waals surface area contributed by atoms with Gasteiger partial charge in [0.15, 0.2) is 0 Å². The minimum atomic E-state index is 1.06. The minimum absolute atomic E-state index is 1.06. The summed E-state index contributed by atoms with van der Waals surface area (Å²) in [6.45, 7) is 0. The number of hydrogen-bond donors (Lipinski definition) is 0. The molecule has 0 saturated carbocycles. The maximum absolute atomic E-state index is 5.22. The van der Waals surface area contributed by atoms with Crippen LogP contribution in [0, 0.1) is 0 Å². The molecule has 0 aliphatic heterocycles. The molecule has 7 aromatic carbocycles.